The quantitative estimate of drug-likeness (QED) is 0.862. The standard InChI is InChI=1S/C14H17BrN2O2S/c1-3-19-7-8(2)17-14(18)13-12(16)10-6-9(15)4-5-11(10)20-13/h4-6,8H,3,7,16H2,1-2H3,(H,17,18). The summed E-state index contributed by atoms with van der Waals surface area (Å²) >= 11 is 4.82. The van der Waals surface area contributed by atoms with Crippen LogP contribution in [0.3, 0.4) is 0 Å². The smallest absolute Gasteiger partial charge is 0.263 e. The Hall–Kier alpha value is -1.11. The fourth-order valence-corrected chi connectivity index (χ4v) is 3.25. The number of hydrogen-bond donors (Lipinski definition) is 2. The van der Waals surface area contributed by atoms with Crippen LogP contribution < -0.4 is 11.1 Å². The maximum absolute atomic E-state index is 12.2. The van der Waals surface area contributed by atoms with E-state index >= 15 is 0 Å². The largest absolute Gasteiger partial charge is 0.397 e. The van der Waals surface area contributed by atoms with Crippen molar-refractivity contribution in [2.45, 2.75) is 19.9 Å². The average Bonchev–Trinajstić information content (AvgIpc) is 2.74. The molecule has 20 heavy (non-hydrogen) atoms. The molecule has 1 aromatic heterocycles. The highest BCUT2D eigenvalue weighted by Crippen LogP contribution is 2.35. The summed E-state index contributed by atoms with van der Waals surface area (Å²) in [5.41, 5.74) is 6.62. The number of amides is 1. The summed E-state index contributed by atoms with van der Waals surface area (Å²) in [6, 6.07) is 5.79. The van der Waals surface area contributed by atoms with E-state index in [1.165, 1.54) is 11.3 Å². The molecule has 0 aliphatic carbocycles. The third kappa shape index (κ3) is 3.31. The topological polar surface area (TPSA) is 64.3 Å². The van der Waals surface area contributed by atoms with Crippen molar-refractivity contribution in [2.75, 3.05) is 18.9 Å². The number of ether oxygens (including phenoxy) is 1. The van der Waals surface area contributed by atoms with Gasteiger partial charge in [0.15, 0.2) is 0 Å². The predicted octanol–water partition coefficient (Wildman–Crippen LogP) is 3.40. The first-order valence-electron chi connectivity index (χ1n) is 6.39. The number of halogens is 1. The molecule has 108 valence electrons. The monoisotopic (exact) mass is 356 g/mol. The van der Waals surface area contributed by atoms with Gasteiger partial charge in [-0.3, -0.25) is 4.79 Å². The Morgan fingerprint density at radius 3 is 3.00 bits per heavy atom. The molecule has 1 aromatic carbocycles. The van der Waals surface area contributed by atoms with Crippen LogP contribution in [0.1, 0.15) is 23.5 Å². The van der Waals surface area contributed by atoms with Gasteiger partial charge in [-0.1, -0.05) is 15.9 Å². The van der Waals surface area contributed by atoms with Gasteiger partial charge < -0.3 is 15.8 Å². The van der Waals surface area contributed by atoms with Gasteiger partial charge in [-0.25, -0.2) is 0 Å². The normalized spacial score (nSPS) is 12.6. The number of carbonyl (C=O) groups excluding carboxylic acids is 1. The molecule has 2 aromatic rings. The Morgan fingerprint density at radius 1 is 1.55 bits per heavy atom. The summed E-state index contributed by atoms with van der Waals surface area (Å²) in [5.74, 6) is -0.146. The van der Waals surface area contributed by atoms with Crippen LogP contribution in [-0.4, -0.2) is 25.2 Å². The number of anilines is 1. The fraction of sp³-hybridized carbons (Fsp3) is 0.357. The molecule has 6 heteroatoms. The fourth-order valence-electron chi connectivity index (χ4n) is 1.88. The minimum atomic E-state index is -0.146. The molecule has 1 heterocycles. The van der Waals surface area contributed by atoms with Crippen LogP contribution in [0.15, 0.2) is 22.7 Å². The molecule has 0 aliphatic heterocycles. The maximum atomic E-state index is 12.2. The second-order valence-corrected chi connectivity index (χ2v) is 6.49. The molecule has 0 saturated carbocycles. The molecule has 0 spiro atoms. The summed E-state index contributed by atoms with van der Waals surface area (Å²) in [6.45, 7) is 4.97. The Kier molecular flexibility index (Phi) is 5.01. The van der Waals surface area contributed by atoms with Gasteiger partial charge in [-0.15, -0.1) is 11.3 Å². The van der Waals surface area contributed by atoms with Crippen LogP contribution in [0.4, 0.5) is 5.69 Å². The first kappa shape index (κ1) is 15.3. The van der Waals surface area contributed by atoms with Gasteiger partial charge >= 0.3 is 0 Å². The van der Waals surface area contributed by atoms with Gasteiger partial charge in [0.2, 0.25) is 0 Å². The number of benzene rings is 1. The SMILES string of the molecule is CCOCC(C)NC(=O)c1sc2ccc(Br)cc2c1N. The number of thiophene rings is 1. The Morgan fingerprint density at radius 2 is 2.30 bits per heavy atom. The average molecular weight is 357 g/mol. The van der Waals surface area contributed by atoms with E-state index in [0.717, 1.165) is 14.6 Å². The van der Waals surface area contributed by atoms with E-state index < -0.39 is 0 Å². The Balaban J connectivity index is 2.20. The summed E-state index contributed by atoms with van der Waals surface area (Å²) in [4.78, 5) is 12.8. The van der Waals surface area contributed by atoms with Crippen molar-refractivity contribution < 1.29 is 9.53 Å². The van der Waals surface area contributed by atoms with Crippen LogP contribution in [0.25, 0.3) is 10.1 Å². The molecule has 1 atom stereocenters. The molecule has 2 rings (SSSR count). The summed E-state index contributed by atoms with van der Waals surface area (Å²) in [5, 5.41) is 3.81. The second kappa shape index (κ2) is 6.56. The minimum absolute atomic E-state index is 0.0428. The lowest BCUT2D eigenvalue weighted by atomic mass is 10.2. The van der Waals surface area contributed by atoms with Crippen LogP contribution in [-0.2, 0) is 4.74 Å². The molecule has 1 amide bonds. The molecule has 0 fully saturated rings. The lowest BCUT2D eigenvalue weighted by Gasteiger charge is -2.13. The first-order valence-corrected chi connectivity index (χ1v) is 8.00. The molecular weight excluding hydrogens is 340 g/mol. The van der Waals surface area contributed by atoms with Gasteiger partial charge in [0.05, 0.1) is 12.3 Å². The van der Waals surface area contributed by atoms with E-state index in [-0.39, 0.29) is 11.9 Å². The van der Waals surface area contributed by atoms with Gasteiger partial charge in [-0.05, 0) is 32.0 Å². The molecule has 0 aliphatic rings. The van der Waals surface area contributed by atoms with Crippen LogP contribution >= 0.6 is 27.3 Å². The van der Waals surface area contributed by atoms with E-state index in [2.05, 4.69) is 21.2 Å². The lowest BCUT2D eigenvalue weighted by molar-refractivity contribution is 0.0876. The van der Waals surface area contributed by atoms with E-state index in [4.69, 9.17) is 10.5 Å². The number of fused-ring (bicyclic) bond motifs is 1. The molecule has 1 unspecified atom stereocenters. The van der Waals surface area contributed by atoms with Crippen LogP contribution in [0, 0.1) is 0 Å². The van der Waals surface area contributed by atoms with Gasteiger partial charge in [0, 0.05) is 27.2 Å². The number of nitrogen functional groups attached to an aromatic ring is 1. The highest BCUT2D eigenvalue weighted by Gasteiger charge is 2.18. The number of nitrogens with one attached hydrogen (secondary N) is 1. The van der Waals surface area contributed by atoms with Crippen LogP contribution in [0.2, 0.25) is 0 Å². The molecule has 0 bridgehead atoms. The zero-order valence-electron chi connectivity index (χ0n) is 11.4. The zero-order chi connectivity index (χ0) is 14.7. The zero-order valence-corrected chi connectivity index (χ0v) is 13.8. The summed E-state index contributed by atoms with van der Waals surface area (Å²) in [7, 11) is 0. The Labute approximate surface area is 130 Å². The van der Waals surface area contributed by atoms with Crippen molar-refractivity contribution in [3.8, 4) is 0 Å². The van der Waals surface area contributed by atoms with Crippen molar-refractivity contribution >= 4 is 48.9 Å². The number of hydrogen-bond acceptors (Lipinski definition) is 4. The lowest BCUT2D eigenvalue weighted by Crippen LogP contribution is -2.35. The van der Waals surface area contributed by atoms with Crippen LogP contribution in [0.5, 0.6) is 0 Å². The highest BCUT2D eigenvalue weighted by atomic mass is 79.9. The third-order valence-electron chi connectivity index (χ3n) is 2.84. The summed E-state index contributed by atoms with van der Waals surface area (Å²) < 4.78 is 7.25. The molecule has 0 radical (unpaired) electrons. The molecule has 3 N–H and O–H groups in total. The van der Waals surface area contributed by atoms with Crippen molar-refractivity contribution in [3.63, 3.8) is 0 Å². The van der Waals surface area contributed by atoms with Crippen molar-refractivity contribution in [1.82, 2.24) is 5.32 Å². The van der Waals surface area contributed by atoms with E-state index in [1.807, 2.05) is 32.0 Å². The third-order valence-corrected chi connectivity index (χ3v) is 4.52. The first-order chi connectivity index (χ1) is 9.52. The van der Waals surface area contributed by atoms with Gasteiger partial charge in [-0.2, -0.15) is 0 Å². The van der Waals surface area contributed by atoms with Gasteiger partial charge in [0.25, 0.3) is 5.91 Å². The van der Waals surface area contributed by atoms with Crippen molar-refractivity contribution in [2.24, 2.45) is 0 Å². The molecule has 0 saturated heterocycles. The minimum Gasteiger partial charge on any atom is -0.397 e. The Bertz CT molecular complexity index is 627. The number of rotatable bonds is 5. The maximum Gasteiger partial charge on any atom is 0.263 e. The van der Waals surface area contributed by atoms with Gasteiger partial charge in [0.1, 0.15) is 4.88 Å². The molecule has 4 nitrogen and oxygen atoms in total. The van der Waals surface area contributed by atoms with E-state index in [0.29, 0.717) is 23.8 Å². The molecular formula is C14H17BrN2O2S. The predicted molar refractivity (Wildman–Crippen MR) is 87.4 cm³/mol. The van der Waals surface area contributed by atoms with E-state index in [1.54, 1.807) is 0 Å². The van der Waals surface area contributed by atoms with E-state index in [9.17, 15) is 4.79 Å². The number of carbonyl (C=O) groups is 1. The second-order valence-electron chi connectivity index (χ2n) is 4.52. The number of nitrogens with two attached hydrogens (primary N) is 1. The summed E-state index contributed by atoms with van der Waals surface area (Å²) in [6.07, 6.45) is 0. The van der Waals surface area contributed by atoms with Crippen molar-refractivity contribution in [3.05, 3.63) is 27.5 Å². The highest BCUT2D eigenvalue weighted by molar-refractivity contribution is 9.10. The van der Waals surface area contributed by atoms with Crippen molar-refractivity contribution in [1.29, 1.82) is 0 Å².